The molecule has 3 aromatic rings. The van der Waals surface area contributed by atoms with Crippen LogP contribution in [0.25, 0.3) is 5.69 Å². The SMILES string of the molecule is Cc1ccc(-n2nccn2)c(C(=O)N2CC3C[C@@H]3C[C@H]2COc2ccc(C(F)(F)F)cn2)n1. The van der Waals surface area contributed by atoms with Crippen molar-refractivity contribution in [3.05, 3.63) is 59.8 Å². The van der Waals surface area contributed by atoms with Crippen LogP contribution < -0.4 is 4.74 Å². The summed E-state index contributed by atoms with van der Waals surface area (Å²) in [5.41, 5.74) is 0.591. The molecule has 33 heavy (non-hydrogen) atoms. The van der Waals surface area contributed by atoms with E-state index in [2.05, 4.69) is 20.2 Å². The van der Waals surface area contributed by atoms with Gasteiger partial charge in [-0.05, 0) is 49.8 Å². The number of aromatic nitrogens is 5. The summed E-state index contributed by atoms with van der Waals surface area (Å²) in [6.45, 7) is 2.52. The van der Waals surface area contributed by atoms with Gasteiger partial charge in [0.1, 0.15) is 12.3 Å². The average molecular weight is 458 g/mol. The Morgan fingerprint density at radius 1 is 1.12 bits per heavy atom. The number of ether oxygens (including phenoxy) is 1. The van der Waals surface area contributed by atoms with Crippen LogP contribution in [-0.4, -0.2) is 55.0 Å². The lowest BCUT2D eigenvalue weighted by Crippen LogP contribution is -2.48. The number of hydrogen-bond donors (Lipinski definition) is 0. The molecule has 2 aliphatic rings. The van der Waals surface area contributed by atoms with E-state index < -0.39 is 11.7 Å². The van der Waals surface area contributed by atoms with E-state index in [1.807, 2.05) is 0 Å². The second-order valence-corrected chi connectivity index (χ2v) is 8.44. The average Bonchev–Trinajstić information content (AvgIpc) is 3.34. The maximum absolute atomic E-state index is 13.6. The molecule has 1 unspecified atom stereocenters. The van der Waals surface area contributed by atoms with E-state index in [4.69, 9.17) is 4.74 Å². The Hall–Kier alpha value is -3.50. The quantitative estimate of drug-likeness (QED) is 0.583. The van der Waals surface area contributed by atoms with Gasteiger partial charge in [-0.25, -0.2) is 9.97 Å². The molecule has 1 aliphatic carbocycles. The molecular weight excluding hydrogens is 437 g/mol. The Bertz CT molecular complexity index is 1150. The number of carbonyl (C=O) groups is 1. The van der Waals surface area contributed by atoms with Gasteiger partial charge < -0.3 is 9.64 Å². The standard InChI is InChI=1S/C22H21F3N6O2/c1-13-2-4-18(31-27-6-7-28-31)20(29-13)21(32)30-11-15-8-14(15)9-17(30)12-33-19-5-3-16(10-26-19)22(23,24)25/h2-7,10,14-15,17H,8-9,11-12H2,1H3/t14-,15?,17+/m1/s1. The predicted molar refractivity (Wildman–Crippen MR) is 110 cm³/mol. The minimum atomic E-state index is -4.46. The number of fused-ring (bicyclic) bond motifs is 1. The minimum Gasteiger partial charge on any atom is -0.475 e. The predicted octanol–water partition coefficient (Wildman–Crippen LogP) is 3.31. The zero-order valence-electron chi connectivity index (χ0n) is 17.7. The number of rotatable bonds is 5. The van der Waals surface area contributed by atoms with Crippen molar-refractivity contribution in [2.45, 2.75) is 32.0 Å². The van der Waals surface area contributed by atoms with Crippen LogP contribution in [0.15, 0.2) is 42.9 Å². The van der Waals surface area contributed by atoms with Crippen molar-refractivity contribution in [2.24, 2.45) is 11.8 Å². The summed E-state index contributed by atoms with van der Waals surface area (Å²) in [4.78, 5) is 25.0. The minimum absolute atomic E-state index is 0.0865. The summed E-state index contributed by atoms with van der Waals surface area (Å²) in [6.07, 6.45) is 1.15. The molecule has 11 heteroatoms. The lowest BCUT2D eigenvalue weighted by Gasteiger charge is -2.35. The number of amides is 1. The summed E-state index contributed by atoms with van der Waals surface area (Å²) >= 11 is 0. The zero-order valence-corrected chi connectivity index (χ0v) is 17.7. The summed E-state index contributed by atoms with van der Waals surface area (Å²) in [5, 5.41) is 8.26. The summed E-state index contributed by atoms with van der Waals surface area (Å²) in [7, 11) is 0. The zero-order chi connectivity index (χ0) is 23.2. The van der Waals surface area contributed by atoms with E-state index in [9.17, 15) is 18.0 Å². The number of aryl methyl sites for hydroxylation is 1. The Morgan fingerprint density at radius 3 is 2.61 bits per heavy atom. The fourth-order valence-electron chi connectivity index (χ4n) is 4.27. The molecule has 8 nitrogen and oxygen atoms in total. The van der Waals surface area contributed by atoms with Crippen molar-refractivity contribution >= 4 is 5.91 Å². The highest BCUT2D eigenvalue weighted by atomic mass is 19.4. The van der Waals surface area contributed by atoms with Crippen LogP contribution in [0.4, 0.5) is 13.2 Å². The van der Waals surface area contributed by atoms with Gasteiger partial charge in [-0.1, -0.05) is 0 Å². The van der Waals surface area contributed by atoms with Crippen LogP contribution in [0.5, 0.6) is 5.88 Å². The van der Waals surface area contributed by atoms with Crippen molar-refractivity contribution in [2.75, 3.05) is 13.2 Å². The smallest absolute Gasteiger partial charge is 0.417 e. The first-order valence-corrected chi connectivity index (χ1v) is 10.6. The van der Waals surface area contributed by atoms with Gasteiger partial charge in [-0.15, -0.1) is 4.80 Å². The third-order valence-corrected chi connectivity index (χ3v) is 6.11. The fourth-order valence-corrected chi connectivity index (χ4v) is 4.27. The number of alkyl halides is 3. The fraction of sp³-hybridized carbons (Fsp3) is 0.409. The molecule has 1 aliphatic heterocycles. The van der Waals surface area contributed by atoms with Gasteiger partial charge in [-0.2, -0.15) is 23.4 Å². The van der Waals surface area contributed by atoms with Gasteiger partial charge in [0.15, 0.2) is 5.69 Å². The second-order valence-electron chi connectivity index (χ2n) is 8.44. The van der Waals surface area contributed by atoms with Gasteiger partial charge in [0, 0.05) is 24.5 Å². The van der Waals surface area contributed by atoms with E-state index in [1.54, 1.807) is 24.0 Å². The topological polar surface area (TPSA) is 86.0 Å². The van der Waals surface area contributed by atoms with E-state index in [0.717, 1.165) is 25.1 Å². The summed E-state index contributed by atoms with van der Waals surface area (Å²) < 4.78 is 44.0. The molecule has 4 heterocycles. The number of nitrogens with zero attached hydrogens (tertiary/aromatic N) is 6. The Morgan fingerprint density at radius 2 is 1.91 bits per heavy atom. The molecule has 0 spiro atoms. The lowest BCUT2D eigenvalue weighted by molar-refractivity contribution is -0.137. The van der Waals surface area contributed by atoms with Gasteiger partial charge >= 0.3 is 6.18 Å². The maximum atomic E-state index is 13.6. The van der Waals surface area contributed by atoms with Gasteiger partial charge in [0.25, 0.3) is 5.91 Å². The highest BCUT2D eigenvalue weighted by molar-refractivity contribution is 5.96. The Balaban J connectivity index is 1.36. The van der Waals surface area contributed by atoms with Crippen molar-refractivity contribution < 1.29 is 22.7 Å². The van der Waals surface area contributed by atoms with E-state index in [1.165, 1.54) is 23.3 Å². The molecule has 5 rings (SSSR count). The molecule has 3 atom stereocenters. The normalized spacial score (nSPS) is 22.1. The van der Waals surface area contributed by atoms with E-state index in [-0.39, 0.29) is 30.1 Å². The first-order valence-electron chi connectivity index (χ1n) is 10.6. The van der Waals surface area contributed by atoms with Crippen LogP contribution in [0.1, 0.15) is 34.6 Å². The molecule has 0 N–H and O–H groups in total. The third kappa shape index (κ3) is 4.39. The number of piperidine rings is 1. The van der Waals surface area contributed by atoms with E-state index in [0.29, 0.717) is 29.8 Å². The number of halogens is 3. The molecule has 1 saturated carbocycles. The third-order valence-electron chi connectivity index (χ3n) is 6.11. The molecule has 0 radical (unpaired) electrons. The Kier molecular flexibility index (Phi) is 5.26. The van der Waals surface area contributed by atoms with Crippen LogP contribution >= 0.6 is 0 Å². The number of hydrogen-bond acceptors (Lipinski definition) is 6. The molecule has 172 valence electrons. The molecule has 3 aromatic heterocycles. The highest BCUT2D eigenvalue weighted by Gasteiger charge is 2.48. The van der Waals surface area contributed by atoms with Gasteiger partial charge in [0.05, 0.1) is 24.0 Å². The van der Waals surface area contributed by atoms with Crippen LogP contribution in [0.3, 0.4) is 0 Å². The molecule has 0 aromatic carbocycles. The van der Waals surface area contributed by atoms with Crippen molar-refractivity contribution in [3.63, 3.8) is 0 Å². The highest BCUT2D eigenvalue weighted by Crippen LogP contribution is 2.47. The number of likely N-dealkylation sites (tertiary alicyclic amines) is 1. The van der Waals surface area contributed by atoms with Crippen LogP contribution in [0, 0.1) is 18.8 Å². The van der Waals surface area contributed by atoms with Crippen molar-refractivity contribution in [3.8, 4) is 11.6 Å². The van der Waals surface area contributed by atoms with Gasteiger partial charge in [0.2, 0.25) is 5.88 Å². The maximum Gasteiger partial charge on any atom is 0.417 e. The number of pyridine rings is 2. The summed E-state index contributed by atoms with van der Waals surface area (Å²) in [6, 6.07) is 5.44. The Labute approximate surface area is 187 Å². The van der Waals surface area contributed by atoms with Gasteiger partial charge in [-0.3, -0.25) is 4.79 Å². The molecule has 2 fully saturated rings. The van der Waals surface area contributed by atoms with E-state index >= 15 is 0 Å². The monoisotopic (exact) mass is 458 g/mol. The lowest BCUT2D eigenvalue weighted by atomic mass is 10.0. The molecule has 1 saturated heterocycles. The first-order chi connectivity index (χ1) is 15.8. The first kappa shape index (κ1) is 21.4. The van der Waals surface area contributed by atoms with Crippen molar-refractivity contribution in [1.29, 1.82) is 0 Å². The summed E-state index contributed by atoms with van der Waals surface area (Å²) in [5.74, 6) is 0.820. The second kappa shape index (κ2) is 8.13. The van der Waals surface area contributed by atoms with Crippen LogP contribution in [0.2, 0.25) is 0 Å². The molecule has 1 amide bonds. The van der Waals surface area contributed by atoms with Crippen LogP contribution in [-0.2, 0) is 6.18 Å². The molecular formula is C22H21F3N6O2. The number of carbonyl (C=O) groups excluding carboxylic acids is 1. The molecule has 0 bridgehead atoms. The van der Waals surface area contributed by atoms with Crippen molar-refractivity contribution in [1.82, 2.24) is 29.9 Å². The largest absolute Gasteiger partial charge is 0.475 e.